The quantitative estimate of drug-likeness (QED) is 0.137. The van der Waals surface area contributed by atoms with Crippen molar-refractivity contribution in [1.29, 1.82) is 0 Å². The van der Waals surface area contributed by atoms with Crippen molar-refractivity contribution in [3.05, 3.63) is 90.5 Å². The second-order valence-electron chi connectivity index (χ2n) is 10.7. The Morgan fingerprint density at radius 1 is 0.743 bits per heavy atom. The Bertz CT molecular complexity index is 930. The van der Waals surface area contributed by atoms with E-state index in [1.165, 1.54) is 81.8 Å². The van der Waals surface area contributed by atoms with Gasteiger partial charge in [0, 0.05) is 5.41 Å². The molecule has 0 aliphatic rings. The third-order valence-corrected chi connectivity index (χ3v) is 7.76. The van der Waals surface area contributed by atoms with Crippen molar-refractivity contribution in [3.63, 3.8) is 0 Å². The van der Waals surface area contributed by atoms with Gasteiger partial charge in [-0.15, -0.1) is 0 Å². The van der Waals surface area contributed by atoms with E-state index in [1.54, 1.807) is 0 Å². The van der Waals surface area contributed by atoms with Crippen molar-refractivity contribution in [2.24, 2.45) is 0 Å². The van der Waals surface area contributed by atoms with Gasteiger partial charge in [-0.3, -0.25) is 0 Å². The number of nitrogens with zero attached hydrogens (tertiary/aromatic N) is 2. The standard InChI is InChI=1S/C33H49N2/c1-4-6-8-9-10-11-12-19-25-34-26-27-35(29-34)32(24-7-5-2)33(3,31-22-17-14-18-23-31)28-30-20-15-13-16-21-30/h13-18,20-23,26-27,29,32H,4-12,19,24-25,28H2,1-3H3/q+1. The summed E-state index contributed by atoms with van der Waals surface area (Å²) in [6.07, 6.45) is 22.7. The van der Waals surface area contributed by atoms with Crippen molar-refractivity contribution in [2.75, 3.05) is 0 Å². The molecule has 0 amide bonds. The zero-order valence-electron chi connectivity index (χ0n) is 22.7. The van der Waals surface area contributed by atoms with Crippen LogP contribution in [-0.4, -0.2) is 4.57 Å². The number of rotatable bonds is 17. The average molecular weight is 474 g/mol. The minimum Gasteiger partial charge on any atom is -0.237 e. The molecular formula is C33H49N2+. The lowest BCUT2D eigenvalue weighted by atomic mass is 9.70. The SMILES string of the molecule is CCCCCCCCCC[n+]1ccn(C(CCCC)C(C)(Cc2ccccc2)c2ccccc2)c1. The van der Waals surface area contributed by atoms with Crippen LogP contribution in [0, 0.1) is 0 Å². The van der Waals surface area contributed by atoms with Crippen LogP contribution in [0.1, 0.15) is 109 Å². The molecule has 190 valence electrons. The van der Waals surface area contributed by atoms with Crippen LogP contribution >= 0.6 is 0 Å². The van der Waals surface area contributed by atoms with Gasteiger partial charge in [0.25, 0.3) is 0 Å². The molecule has 2 atom stereocenters. The first-order valence-electron chi connectivity index (χ1n) is 14.3. The lowest BCUT2D eigenvalue weighted by molar-refractivity contribution is -0.697. The van der Waals surface area contributed by atoms with Gasteiger partial charge in [-0.05, 0) is 43.2 Å². The highest BCUT2D eigenvalue weighted by atomic mass is 15.1. The fraction of sp³-hybridized carbons (Fsp3) is 0.545. The highest BCUT2D eigenvalue weighted by Gasteiger charge is 2.40. The summed E-state index contributed by atoms with van der Waals surface area (Å²) < 4.78 is 4.94. The van der Waals surface area contributed by atoms with Gasteiger partial charge < -0.3 is 0 Å². The molecule has 3 rings (SSSR count). The normalized spacial score (nSPS) is 14.0. The van der Waals surface area contributed by atoms with Gasteiger partial charge in [-0.1, -0.05) is 126 Å². The number of imidazole rings is 1. The molecule has 0 saturated carbocycles. The Balaban J connectivity index is 1.73. The van der Waals surface area contributed by atoms with E-state index in [0.717, 1.165) is 13.0 Å². The number of benzene rings is 2. The highest BCUT2D eigenvalue weighted by molar-refractivity contribution is 5.30. The van der Waals surface area contributed by atoms with Crippen molar-refractivity contribution in [1.82, 2.24) is 4.57 Å². The van der Waals surface area contributed by atoms with Crippen LogP contribution < -0.4 is 4.57 Å². The first-order chi connectivity index (χ1) is 17.2. The minimum atomic E-state index is 0.0210. The third kappa shape index (κ3) is 8.37. The molecule has 0 spiro atoms. The molecule has 0 N–H and O–H groups in total. The molecular weight excluding hydrogens is 424 g/mol. The van der Waals surface area contributed by atoms with E-state index in [4.69, 9.17) is 0 Å². The predicted molar refractivity (Wildman–Crippen MR) is 150 cm³/mol. The molecule has 0 aliphatic heterocycles. The Labute approximate surface area is 215 Å². The summed E-state index contributed by atoms with van der Waals surface area (Å²) in [6.45, 7) is 8.22. The summed E-state index contributed by atoms with van der Waals surface area (Å²) in [5.41, 5.74) is 2.88. The van der Waals surface area contributed by atoms with Crippen molar-refractivity contribution in [3.8, 4) is 0 Å². The number of unbranched alkanes of at least 4 members (excludes halogenated alkanes) is 8. The monoisotopic (exact) mass is 473 g/mol. The molecule has 1 aromatic heterocycles. The maximum Gasteiger partial charge on any atom is 0.244 e. The Kier molecular flexibility index (Phi) is 11.6. The molecule has 0 saturated heterocycles. The van der Waals surface area contributed by atoms with E-state index in [-0.39, 0.29) is 5.41 Å². The molecule has 0 radical (unpaired) electrons. The van der Waals surface area contributed by atoms with Crippen LogP contribution in [0.3, 0.4) is 0 Å². The molecule has 0 aliphatic carbocycles. The van der Waals surface area contributed by atoms with Crippen LogP contribution in [0.25, 0.3) is 0 Å². The van der Waals surface area contributed by atoms with Crippen LogP contribution in [0.4, 0.5) is 0 Å². The lowest BCUT2D eigenvalue weighted by Crippen LogP contribution is -2.38. The number of hydrogen-bond acceptors (Lipinski definition) is 0. The van der Waals surface area contributed by atoms with E-state index in [9.17, 15) is 0 Å². The number of aryl methyl sites for hydroxylation is 1. The zero-order valence-corrected chi connectivity index (χ0v) is 22.7. The predicted octanol–water partition coefficient (Wildman–Crippen LogP) is 8.85. The highest BCUT2D eigenvalue weighted by Crippen LogP contribution is 2.41. The molecule has 35 heavy (non-hydrogen) atoms. The zero-order chi connectivity index (χ0) is 24.8. The Hall–Kier alpha value is -2.35. The molecule has 2 unspecified atom stereocenters. The van der Waals surface area contributed by atoms with Gasteiger partial charge in [0.15, 0.2) is 0 Å². The second-order valence-corrected chi connectivity index (χ2v) is 10.7. The van der Waals surface area contributed by atoms with E-state index < -0.39 is 0 Å². The Morgan fingerprint density at radius 2 is 1.34 bits per heavy atom. The fourth-order valence-corrected chi connectivity index (χ4v) is 5.60. The second kappa shape index (κ2) is 14.9. The fourth-order valence-electron chi connectivity index (χ4n) is 5.60. The molecule has 2 heteroatoms. The van der Waals surface area contributed by atoms with E-state index in [1.807, 2.05) is 0 Å². The van der Waals surface area contributed by atoms with Crippen LogP contribution in [-0.2, 0) is 18.4 Å². The van der Waals surface area contributed by atoms with Gasteiger partial charge >= 0.3 is 0 Å². The first-order valence-corrected chi connectivity index (χ1v) is 14.3. The Morgan fingerprint density at radius 3 is 2.00 bits per heavy atom. The van der Waals surface area contributed by atoms with E-state index in [0.29, 0.717) is 6.04 Å². The topological polar surface area (TPSA) is 8.81 Å². The van der Waals surface area contributed by atoms with Crippen LogP contribution in [0.15, 0.2) is 79.4 Å². The van der Waals surface area contributed by atoms with Gasteiger partial charge in [-0.2, -0.15) is 0 Å². The molecule has 2 nitrogen and oxygen atoms in total. The summed E-state index contributed by atoms with van der Waals surface area (Å²) in [4.78, 5) is 0. The van der Waals surface area contributed by atoms with Gasteiger partial charge in [0.1, 0.15) is 18.4 Å². The number of hydrogen-bond donors (Lipinski definition) is 0. The average Bonchev–Trinajstić information content (AvgIpc) is 3.35. The summed E-state index contributed by atoms with van der Waals surface area (Å²) in [6, 6.07) is 22.7. The molecule has 2 aromatic carbocycles. The summed E-state index contributed by atoms with van der Waals surface area (Å²) >= 11 is 0. The van der Waals surface area contributed by atoms with Gasteiger partial charge in [0.2, 0.25) is 6.33 Å². The lowest BCUT2D eigenvalue weighted by Gasteiger charge is -2.36. The maximum absolute atomic E-state index is 2.52. The molecule has 1 heterocycles. The van der Waals surface area contributed by atoms with Gasteiger partial charge in [-0.25, -0.2) is 9.13 Å². The van der Waals surface area contributed by atoms with E-state index >= 15 is 0 Å². The molecule has 3 aromatic rings. The summed E-state index contributed by atoms with van der Waals surface area (Å²) in [5.74, 6) is 0. The smallest absolute Gasteiger partial charge is 0.237 e. The van der Waals surface area contributed by atoms with Gasteiger partial charge in [0.05, 0.1) is 6.54 Å². The first kappa shape index (κ1) is 27.2. The summed E-state index contributed by atoms with van der Waals surface area (Å²) in [7, 11) is 0. The number of aromatic nitrogens is 2. The van der Waals surface area contributed by atoms with Crippen molar-refractivity contribution in [2.45, 2.75) is 116 Å². The minimum absolute atomic E-state index is 0.0210. The van der Waals surface area contributed by atoms with Crippen LogP contribution in [0.5, 0.6) is 0 Å². The summed E-state index contributed by atoms with van der Waals surface area (Å²) in [5, 5.41) is 0. The molecule has 0 fully saturated rings. The largest absolute Gasteiger partial charge is 0.244 e. The van der Waals surface area contributed by atoms with E-state index in [2.05, 4.69) is 109 Å². The third-order valence-electron chi connectivity index (χ3n) is 7.76. The van der Waals surface area contributed by atoms with Crippen molar-refractivity contribution < 1.29 is 4.57 Å². The van der Waals surface area contributed by atoms with Crippen LogP contribution in [0.2, 0.25) is 0 Å². The van der Waals surface area contributed by atoms with Crippen molar-refractivity contribution >= 4 is 0 Å². The molecule has 0 bridgehead atoms. The maximum atomic E-state index is 2.52.